The molecule has 3 aromatic rings. The van der Waals surface area contributed by atoms with E-state index in [4.69, 9.17) is 14.6 Å². The lowest BCUT2D eigenvalue weighted by Crippen LogP contribution is -2.15. The molecule has 0 radical (unpaired) electrons. The third-order valence-electron chi connectivity index (χ3n) is 4.47. The number of primary sulfonamides is 1. The lowest BCUT2D eigenvalue weighted by molar-refractivity contribution is -0.113. The van der Waals surface area contributed by atoms with Crippen molar-refractivity contribution in [1.82, 2.24) is 14.8 Å². The Kier molecular flexibility index (Phi) is 7.74. The van der Waals surface area contributed by atoms with Crippen molar-refractivity contribution in [1.29, 1.82) is 0 Å². The number of ether oxygens (including phenoxy) is 2. The van der Waals surface area contributed by atoms with Crippen molar-refractivity contribution < 1.29 is 22.7 Å². The third-order valence-corrected chi connectivity index (χ3v) is 6.37. The van der Waals surface area contributed by atoms with Gasteiger partial charge in [0, 0.05) is 17.8 Å². The van der Waals surface area contributed by atoms with Gasteiger partial charge in [0.15, 0.2) is 22.5 Å². The number of sulfonamides is 1. The fourth-order valence-corrected chi connectivity index (χ4v) is 4.20. The SMILES string of the molecule is C=CCn1c(SCC(=O)Nc2ccc(S(N)(=O)=O)cc2)nnc1-c1ccc(OC)c(OC)c1. The summed E-state index contributed by atoms with van der Waals surface area (Å²) in [5.41, 5.74) is 1.22. The molecule has 174 valence electrons. The van der Waals surface area contributed by atoms with Gasteiger partial charge >= 0.3 is 0 Å². The van der Waals surface area contributed by atoms with Crippen LogP contribution >= 0.6 is 11.8 Å². The molecule has 0 aliphatic heterocycles. The number of rotatable bonds is 10. The number of methoxy groups -OCH3 is 2. The summed E-state index contributed by atoms with van der Waals surface area (Å²) in [7, 11) is -0.676. The number of hydrogen-bond acceptors (Lipinski definition) is 8. The van der Waals surface area contributed by atoms with Gasteiger partial charge in [0.05, 0.1) is 24.9 Å². The van der Waals surface area contributed by atoms with Gasteiger partial charge in [-0.25, -0.2) is 13.6 Å². The van der Waals surface area contributed by atoms with Crippen LogP contribution in [0.3, 0.4) is 0 Å². The van der Waals surface area contributed by atoms with E-state index in [9.17, 15) is 13.2 Å². The minimum atomic E-state index is -3.79. The molecular weight excluding hydrogens is 466 g/mol. The maximum absolute atomic E-state index is 12.4. The van der Waals surface area contributed by atoms with E-state index in [1.54, 1.807) is 32.4 Å². The number of nitrogens with two attached hydrogens (primary N) is 1. The molecule has 10 nitrogen and oxygen atoms in total. The minimum Gasteiger partial charge on any atom is -0.493 e. The Labute approximate surface area is 195 Å². The quantitative estimate of drug-likeness (QED) is 0.327. The van der Waals surface area contributed by atoms with E-state index in [0.29, 0.717) is 34.7 Å². The summed E-state index contributed by atoms with van der Waals surface area (Å²) in [6.45, 7) is 4.23. The van der Waals surface area contributed by atoms with Crippen LogP contribution in [0.25, 0.3) is 11.4 Å². The molecule has 0 atom stereocenters. The van der Waals surface area contributed by atoms with Gasteiger partial charge in [-0.1, -0.05) is 17.8 Å². The summed E-state index contributed by atoms with van der Waals surface area (Å²) < 4.78 is 35.2. The van der Waals surface area contributed by atoms with E-state index in [2.05, 4.69) is 22.1 Å². The van der Waals surface area contributed by atoms with Gasteiger partial charge in [-0.05, 0) is 42.5 Å². The van der Waals surface area contributed by atoms with Crippen molar-refractivity contribution >= 4 is 33.4 Å². The van der Waals surface area contributed by atoms with Crippen LogP contribution in [0.2, 0.25) is 0 Å². The van der Waals surface area contributed by atoms with Gasteiger partial charge in [-0.2, -0.15) is 0 Å². The van der Waals surface area contributed by atoms with Gasteiger partial charge in [-0.3, -0.25) is 9.36 Å². The number of hydrogen-bond donors (Lipinski definition) is 2. The number of nitrogens with one attached hydrogen (secondary N) is 1. The fraction of sp³-hybridized carbons (Fsp3) is 0.190. The highest BCUT2D eigenvalue weighted by Gasteiger charge is 2.17. The molecule has 1 aromatic heterocycles. The Morgan fingerprint density at radius 1 is 1.15 bits per heavy atom. The average Bonchev–Trinajstić information content (AvgIpc) is 3.19. The molecule has 3 rings (SSSR count). The third kappa shape index (κ3) is 5.92. The molecule has 3 N–H and O–H groups in total. The van der Waals surface area contributed by atoms with Gasteiger partial charge in [0.1, 0.15) is 0 Å². The smallest absolute Gasteiger partial charge is 0.238 e. The predicted molar refractivity (Wildman–Crippen MR) is 126 cm³/mol. The van der Waals surface area contributed by atoms with Crippen molar-refractivity contribution in [3.63, 3.8) is 0 Å². The number of allylic oxidation sites excluding steroid dienone is 1. The van der Waals surface area contributed by atoms with Gasteiger partial charge in [0.25, 0.3) is 0 Å². The topological polar surface area (TPSA) is 138 Å². The number of thioether (sulfide) groups is 1. The van der Waals surface area contributed by atoms with E-state index in [-0.39, 0.29) is 16.6 Å². The van der Waals surface area contributed by atoms with Crippen molar-refractivity contribution in [3.05, 3.63) is 55.1 Å². The monoisotopic (exact) mass is 489 g/mol. The minimum absolute atomic E-state index is 0.0323. The Morgan fingerprint density at radius 3 is 2.45 bits per heavy atom. The molecule has 1 amide bonds. The van der Waals surface area contributed by atoms with Crippen LogP contribution in [0, 0.1) is 0 Å². The van der Waals surface area contributed by atoms with Crippen LogP contribution in [0.1, 0.15) is 0 Å². The zero-order valence-electron chi connectivity index (χ0n) is 18.0. The Bertz CT molecular complexity index is 1260. The largest absolute Gasteiger partial charge is 0.493 e. The molecule has 2 aromatic carbocycles. The van der Waals surface area contributed by atoms with Crippen LogP contribution in [-0.4, -0.2) is 49.1 Å². The first-order valence-corrected chi connectivity index (χ1v) is 12.1. The fourth-order valence-electron chi connectivity index (χ4n) is 2.93. The summed E-state index contributed by atoms with van der Waals surface area (Å²) in [6.07, 6.45) is 1.71. The number of carbonyl (C=O) groups excluding carboxylic acids is 1. The van der Waals surface area contributed by atoms with Crippen molar-refractivity contribution in [3.8, 4) is 22.9 Å². The molecule has 0 spiro atoms. The van der Waals surface area contributed by atoms with Gasteiger partial charge in [0.2, 0.25) is 15.9 Å². The van der Waals surface area contributed by atoms with Gasteiger partial charge in [-0.15, -0.1) is 16.8 Å². The second-order valence-corrected chi connectivity index (χ2v) is 9.19. The van der Waals surface area contributed by atoms with E-state index in [0.717, 1.165) is 5.56 Å². The van der Waals surface area contributed by atoms with E-state index >= 15 is 0 Å². The zero-order valence-corrected chi connectivity index (χ0v) is 19.6. The highest BCUT2D eigenvalue weighted by atomic mass is 32.2. The number of anilines is 1. The van der Waals surface area contributed by atoms with Crippen LogP contribution in [0.15, 0.2) is 65.2 Å². The first kappa shape index (κ1) is 24.3. The van der Waals surface area contributed by atoms with E-state index < -0.39 is 10.0 Å². The lowest BCUT2D eigenvalue weighted by Gasteiger charge is -2.11. The second-order valence-electron chi connectivity index (χ2n) is 6.68. The van der Waals surface area contributed by atoms with Crippen molar-refractivity contribution in [2.75, 3.05) is 25.3 Å². The first-order chi connectivity index (χ1) is 15.8. The molecular formula is C21H23N5O5S2. The lowest BCUT2D eigenvalue weighted by atomic mass is 10.2. The van der Waals surface area contributed by atoms with E-state index in [1.165, 1.54) is 36.0 Å². The standard InChI is InChI=1S/C21H23N5O5S2/c1-4-11-26-20(14-5-10-17(30-2)18(12-14)31-3)24-25-21(26)32-13-19(27)23-15-6-8-16(9-7-15)33(22,28)29/h4-10,12H,1,11,13H2,2-3H3,(H,23,27)(H2,22,28,29). The van der Waals surface area contributed by atoms with Crippen molar-refractivity contribution in [2.45, 2.75) is 16.6 Å². The number of aromatic nitrogens is 3. The number of amides is 1. The highest BCUT2D eigenvalue weighted by Crippen LogP contribution is 2.33. The molecule has 12 heteroatoms. The Balaban J connectivity index is 1.73. The summed E-state index contributed by atoms with van der Waals surface area (Å²) in [5, 5.41) is 16.8. The zero-order chi connectivity index (χ0) is 24.0. The Morgan fingerprint density at radius 2 is 1.85 bits per heavy atom. The number of carbonyl (C=O) groups is 1. The van der Waals surface area contributed by atoms with Crippen LogP contribution < -0.4 is 19.9 Å². The maximum Gasteiger partial charge on any atom is 0.238 e. The predicted octanol–water partition coefficient (Wildman–Crippen LogP) is 2.53. The number of nitrogens with zero attached hydrogens (tertiary/aromatic N) is 3. The highest BCUT2D eigenvalue weighted by molar-refractivity contribution is 7.99. The summed E-state index contributed by atoms with van der Waals surface area (Å²) in [6, 6.07) is 11.0. The van der Waals surface area contributed by atoms with E-state index in [1.807, 2.05) is 10.6 Å². The summed E-state index contributed by atoms with van der Waals surface area (Å²) in [5.74, 6) is 1.53. The molecule has 0 bridgehead atoms. The van der Waals surface area contributed by atoms with Gasteiger partial charge < -0.3 is 14.8 Å². The average molecular weight is 490 g/mol. The molecule has 33 heavy (non-hydrogen) atoms. The molecule has 1 heterocycles. The first-order valence-electron chi connectivity index (χ1n) is 9.58. The van der Waals surface area contributed by atoms with Crippen LogP contribution in [0.4, 0.5) is 5.69 Å². The maximum atomic E-state index is 12.4. The summed E-state index contributed by atoms with van der Waals surface area (Å²) in [4.78, 5) is 12.4. The molecule has 0 aliphatic carbocycles. The molecule has 0 aliphatic rings. The number of benzene rings is 2. The second kappa shape index (κ2) is 10.5. The molecule has 0 saturated heterocycles. The Hall–Kier alpha value is -3.35. The van der Waals surface area contributed by atoms with Crippen LogP contribution in [0.5, 0.6) is 11.5 Å². The molecule has 0 saturated carbocycles. The normalized spacial score (nSPS) is 11.1. The molecule has 0 unspecified atom stereocenters. The van der Waals surface area contributed by atoms with Crippen LogP contribution in [-0.2, 0) is 21.4 Å². The molecule has 0 fully saturated rings. The van der Waals surface area contributed by atoms with Crippen molar-refractivity contribution in [2.24, 2.45) is 5.14 Å². The summed E-state index contributed by atoms with van der Waals surface area (Å²) >= 11 is 1.21.